The minimum Gasteiger partial charge on any atom is -0.423 e. The summed E-state index contributed by atoms with van der Waals surface area (Å²) < 4.78 is 18.9. The van der Waals surface area contributed by atoms with Crippen molar-refractivity contribution in [2.24, 2.45) is 0 Å². The number of benzene rings is 2. The lowest BCUT2D eigenvalue weighted by atomic mass is 10.0. The summed E-state index contributed by atoms with van der Waals surface area (Å²) in [6.45, 7) is 2.24. The number of pyridine rings is 1. The Morgan fingerprint density at radius 2 is 1.70 bits per heavy atom. The number of carbonyl (C=O) groups is 1. The lowest BCUT2D eigenvalue weighted by molar-refractivity contribution is 0.0734. The van der Waals surface area contributed by atoms with Crippen molar-refractivity contribution in [3.05, 3.63) is 83.3 Å². The fourth-order valence-corrected chi connectivity index (χ4v) is 3.62. The van der Waals surface area contributed by atoms with E-state index in [1.807, 2.05) is 24.4 Å². The fraction of sp³-hybridized carbons (Fsp3) is 0.321. The molecule has 0 radical (unpaired) electrons. The van der Waals surface area contributed by atoms with Crippen molar-refractivity contribution in [1.29, 1.82) is 5.26 Å². The first-order chi connectivity index (χ1) is 16.1. The Morgan fingerprint density at radius 3 is 2.33 bits per heavy atom. The summed E-state index contributed by atoms with van der Waals surface area (Å²) in [4.78, 5) is 16.9. The number of rotatable bonds is 11. The summed E-state index contributed by atoms with van der Waals surface area (Å²) in [6.07, 6.45) is 12.0. The van der Waals surface area contributed by atoms with Crippen LogP contribution in [0.5, 0.6) is 5.75 Å². The molecule has 1 aromatic heterocycles. The highest BCUT2D eigenvalue weighted by Crippen LogP contribution is 2.21. The summed E-state index contributed by atoms with van der Waals surface area (Å²) in [5, 5.41) is 8.78. The molecule has 4 nitrogen and oxygen atoms in total. The molecule has 0 saturated heterocycles. The molecule has 0 saturated carbocycles. The van der Waals surface area contributed by atoms with Crippen molar-refractivity contribution in [1.82, 2.24) is 4.98 Å². The monoisotopic (exact) mass is 444 g/mol. The molecule has 2 aromatic carbocycles. The molecule has 170 valence electrons. The maximum absolute atomic E-state index is 13.7. The van der Waals surface area contributed by atoms with Crippen LogP contribution in [0.3, 0.4) is 0 Å². The number of carbonyl (C=O) groups excluding carboxylic acids is 1. The van der Waals surface area contributed by atoms with E-state index in [0.717, 1.165) is 23.7 Å². The zero-order valence-corrected chi connectivity index (χ0v) is 19.0. The molecular formula is C28H29FN2O2. The van der Waals surface area contributed by atoms with E-state index >= 15 is 0 Å². The topological polar surface area (TPSA) is 63.0 Å². The number of esters is 1. The third-order valence-corrected chi connectivity index (χ3v) is 5.58. The van der Waals surface area contributed by atoms with Crippen LogP contribution in [0.1, 0.15) is 73.4 Å². The Bertz CT molecular complexity index is 1090. The van der Waals surface area contributed by atoms with Gasteiger partial charge in [0.1, 0.15) is 17.6 Å². The Balaban J connectivity index is 1.51. The predicted molar refractivity (Wildman–Crippen MR) is 127 cm³/mol. The van der Waals surface area contributed by atoms with Gasteiger partial charge in [0.2, 0.25) is 0 Å². The molecule has 0 spiro atoms. The zero-order chi connectivity index (χ0) is 23.5. The van der Waals surface area contributed by atoms with Gasteiger partial charge in [-0.3, -0.25) is 4.98 Å². The number of ether oxygens (including phenoxy) is 1. The van der Waals surface area contributed by atoms with E-state index in [1.165, 1.54) is 62.6 Å². The van der Waals surface area contributed by atoms with Gasteiger partial charge in [-0.05, 0) is 48.7 Å². The molecule has 3 rings (SSSR count). The molecule has 3 aromatic rings. The molecule has 0 aliphatic rings. The molecule has 0 aliphatic heterocycles. The number of nitriles is 1. The van der Waals surface area contributed by atoms with Crippen molar-refractivity contribution >= 4 is 5.97 Å². The largest absolute Gasteiger partial charge is 0.423 e. The van der Waals surface area contributed by atoms with Crippen LogP contribution in [0.25, 0.3) is 11.3 Å². The summed E-state index contributed by atoms with van der Waals surface area (Å²) >= 11 is 0. The fourth-order valence-electron chi connectivity index (χ4n) is 3.62. The van der Waals surface area contributed by atoms with E-state index < -0.39 is 11.8 Å². The molecule has 0 bridgehead atoms. The van der Waals surface area contributed by atoms with Gasteiger partial charge >= 0.3 is 5.97 Å². The Kier molecular flexibility index (Phi) is 9.14. The zero-order valence-electron chi connectivity index (χ0n) is 19.0. The highest BCUT2D eigenvalue weighted by Gasteiger charge is 2.11. The van der Waals surface area contributed by atoms with Crippen LogP contribution in [0.15, 0.2) is 60.8 Å². The molecule has 5 heteroatoms. The second-order valence-corrected chi connectivity index (χ2v) is 8.14. The molecule has 0 amide bonds. The highest BCUT2D eigenvalue weighted by atomic mass is 19.1. The van der Waals surface area contributed by atoms with Gasteiger partial charge < -0.3 is 4.74 Å². The Hall–Kier alpha value is -3.52. The van der Waals surface area contributed by atoms with Crippen molar-refractivity contribution in [3.63, 3.8) is 0 Å². The standard InChI is InChI=1S/C28H29FN2O2/c1-2-3-4-5-6-7-8-9-21-10-17-27(31-20-21)22-11-13-23(14-12-22)28(32)33-25-16-15-24(19-30)26(29)18-25/h10-18,20H,2-9H2,1H3. The number of halogens is 1. The van der Waals surface area contributed by atoms with Crippen LogP contribution in [0.2, 0.25) is 0 Å². The number of nitrogens with zero attached hydrogens (tertiary/aromatic N) is 2. The summed E-state index contributed by atoms with van der Waals surface area (Å²) in [7, 11) is 0. The number of aryl methyl sites for hydroxylation is 1. The van der Waals surface area contributed by atoms with E-state index in [2.05, 4.69) is 18.0 Å². The molecular weight excluding hydrogens is 415 g/mol. The van der Waals surface area contributed by atoms with Gasteiger partial charge in [-0.25, -0.2) is 9.18 Å². The molecule has 0 N–H and O–H groups in total. The van der Waals surface area contributed by atoms with Crippen LogP contribution in [0, 0.1) is 17.1 Å². The third-order valence-electron chi connectivity index (χ3n) is 5.58. The molecule has 0 unspecified atom stereocenters. The minimum atomic E-state index is -0.723. The lowest BCUT2D eigenvalue weighted by Gasteiger charge is -2.07. The van der Waals surface area contributed by atoms with Gasteiger partial charge in [0.05, 0.1) is 16.8 Å². The van der Waals surface area contributed by atoms with Gasteiger partial charge in [0.15, 0.2) is 0 Å². The van der Waals surface area contributed by atoms with Crippen molar-refractivity contribution in [3.8, 4) is 23.1 Å². The van der Waals surface area contributed by atoms with Crippen molar-refractivity contribution in [2.75, 3.05) is 0 Å². The molecule has 0 fully saturated rings. The molecule has 33 heavy (non-hydrogen) atoms. The summed E-state index contributed by atoms with van der Waals surface area (Å²) in [5.74, 6) is -1.26. The molecule has 1 heterocycles. The second kappa shape index (κ2) is 12.5. The van der Waals surface area contributed by atoms with Crippen LogP contribution in [-0.4, -0.2) is 11.0 Å². The SMILES string of the molecule is CCCCCCCCCc1ccc(-c2ccc(C(=O)Oc3ccc(C#N)c(F)c3)cc2)nc1. The molecule has 0 atom stereocenters. The summed E-state index contributed by atoms with van der Waals surface area (Å²) in [6, 6.07) is 16.5. The first-order valence-corrected chi connectivity index (χ1v) is 11.6. The van der Waals surface area contributed by atoms with Crippen LogP contribution in [-0.2, 0) is 6.42 Å². The van der Waals surface area contributed by atoms with E-state index in [1.54, 1.807) is 18.2 Å². The molecule has 0 aliphatic carbocycles. The van der Waals surface area contributed by atoms with Gasteiger partial charge in [-0.1, -0.05) is 63.6 Å². The van der Waals surface area contributed by atoms with Gasteiger partial charge in [-0.2, -0.15) is 5.26 Å². The maximum atomic E-state index is 13.7. The van der Waals surface area contributed by atoms with E-state index in [-0.39, 0.29) is 11.3 Å². The van der Waals surface area contributed by atoms with Crippen molar-refractivity contribution < 1.29 is 13.9 Å². The first-order valence-electron chi connectivity index (χ1n) is 11.6. The maximum Gasteiger partial charge on any atom is 0.343 e. The van der Waals surface area contributed by atoms with Crippen molar-refractivity contribution in [2.45, 2.75) is 58.3 Å². The van der Waals surface area contributed by atoms with Crippen LogP contribution >= 0.6 is 0 Å². The first kappa shape index (κ1) is 24.1. The minimum absolute atomic E-state index is 0.0544. The number of aromatic nitrogens is 1. The summed E-state index contributed by atoms with van der Waals surface area (Å²) in [5.41, 5.74) is 3.23. The average molecular weight is 445 g/mol. The number of hydrogen-bond acceptors (Lipinski definition) is 4. The Morgan fingerprint density at radius 1 is 0.970 bits per heavy atom. The van der Waals surface area contributed by atoms with E-state index in [4.69, 9.17) is 10.00 Å². The Labute approximate surface area is 195 Å². The van der Waals surface area contributed by atoms with Gasteiger partial charge in [0, 0.05) is 17.8 Å². The van der Waals surface area contributed by atoms with E-state index in [0.29, 0.717) is 5.56 Å². The van der Waals surface area contributed by atoms with Crippen LogP contribution < -0.4 is 4.74 Å². The smallest absolute Gasteiger partial charge is 0.343 e. The number of unbranched alkanes of at least 4 members (excludes halogenated alkanes) is 6. The predicted octanol–water partition coefficient (Wildman–Crippen LogP) is 7.27. The average Bonchev–Trinajstić information content (AvgIpc) is 2.84. The second-order valence-electron chi connectivity index (χ2n) is 8.14. The van der Waals surface area contributed by atoms with Crippen LogP contribution in [0.4, 0.5) is 4.39 Å². The normalized spacial score (nSPS) is 10.6. The third kappa shape index (κ3) is 7.25. The van der Waals surface area contributed by atoms with Gasteiger partial charge in [-0.15, -0.1) is 0 Å². The van der Waals surface area contributed by atoms with E-state index in [9.17, 15) is 9.18 Å². The lowest BCUT2D eigenvalue weighted by Crippen LogP contribution is -2.08. The highest BCUT2D eigenvalue weighted by molar-refractivity contribution is 5.91. The van der Waals surface area contributed by atoms with Gasteiger partial charge in [0.25, 0.3) is 0 Å². The number of hydrogen-bond donors (Lipinski definition) is 0. The quantitative estimate of drug-likeness (QED) is 0.177.